The van der Waals surface area contributed by atoms with Crippen molar-refractivity contribution in [3.8, 4) is 28.4 Å². The van der Waals surface area contributed by atoms with Gasteiger partial charge in [-0.1, -0.05) is 5.16 Å². The molecule has 2 aromatic heterocycles. The number of benzene rings is 1. The smallest absolute Gasteiger partial charge is 0.165 e. The minimum Gasteiger partial charge on any atom is -0.491 e. The summed E-state index contributed by atoms with van der Waals surface area (Å²) in [5, 5.41) is 20.4. The Morgan fingerprint density at radius 1 is 1.20 bits per heavy atom. The molecule has 1 saturated heterocycles. The van der Waals surface area contributed by atoms with Crippen LogP contribution in [0.1, 0.15) is 29.9 Å². The number of likely N-dealkylation sites (N-methyl/N-ethyl adjacent to an activating group) is 1. The number of ether oxygens (including phenoxy) is 2. The van der Waals surface area contributed by atoms with E-state index in [9.17, 15) is 5.11 Å². The number of aliphatic hydroxyl groups excluding tert-OH is 1. The number of aliphatic hydroxyl groups is 1. The highest BCUT2D eigenvalue weighted by Crippen LogP contribution is 2.35. The van der Waals surface area contributed by atoms with Crippen LogP contribution in [0.15, 0.2) is 22.7 Å². The zero-order chi connectivity index (χ0) is 24.9. The van der Waals surface area contributed by atoms with E-state index >= 15 is 4.39 Å². The van der Waals surface area contributed by atoms with Gasteiger partial charge in [0.25, 0.3) is 0 Å². The summed E-state index contributed by atoms with van der Waals surface area (Å²) < 4.78 is 31.6. The fourth-order valence-corrected chi connectivity index (χ4v) is 4.13. The molecule has 0 saturated carbocycles. The average molecular weight is 486 g/mol. The van der Waals surface area contributed by atoms with Crippen molar-refractivity contribution in [2.75, 3.05) is 38.7 Å². The second-order valence-corrected chi connectivity index (χ2v) is 8.76. The maximum atomic E-state index is 15.0. The van der Waals surface area contributed by atoms with Crippen LogP contribution in [0.5, 0.6) is 5.75 Å². The first-order valence-corrected chi connectivity index (χ1v) is 11.8. The number of nitrogens with one attached hydrogen (secondary N) is 2. The largest absolute Gasteiger partial charge is 0.491 e. The van der Waals surface area contributed by atoms with Gasteiger partial charge in [0.15, 0.2) is 5.82 Å². The van der Waals surface area contributed by atoms with Crippen LogP contribution in [-0.2, 0) is 4.74 Å². The van der Waals surface area contributed by atoms with Crippen molar-refractivity contribution in [3.63, 3.8) is 0 Å². The normalized spacial score (nSPS) is 15.3. The van der Waals surface area contributed by atoms with Crippen molar-refractivity contribution in [2.24, 2.45) is 0 Å². The summed E-state index contributed by atoms with van der Waals surface area (Å²) in [5.41, 5.74) is 3.13. The minimum atomic E-state index is -0.689. The summed E-state index contributed by atoms with van der Waals surface area (Å²) >= 11 is 0. The van der Waals surface area contributed by atoms with E-state index in [2.05, 4.69) is 15.8 Å². The maximum absolute atomic E-state index is 15.0. The van der Waals surface area contributed by atoms with Crippen LogP contribution in [0, 0.1) is 26.6 Å². The first kappa shape index (κ1) is 25.0. The average Bonchev–Trinajstić information content (AvgIpc) is 3.18. The Morgan fingerprint density at radius 3 is 2.66 bits per heavy atom. The number of aromatic nitrogens is 3. The van der Waals surface area contributed by atoms with Gasteiger partial charge < -0.3 is 29.7 Å². The molecule has 1 fully saturated rings. The number of anilines is 1. The van der Waals surface area contributed by atoms with E-state index in [1.807, 2.05) is 20.8 Å². The van der Waals surface area contributed by atoms with Crippen LogP contribution < -0.4 is 15.4 Å². The van der Waals surface area contributed by atoms with E-state index in [1.165, 1.54) is 12.1 Å². The van der Waals surface area contributed by atoms with E-state index in [0.717, 1.165) is 24.0 Å². The van der Waals surface area contributed by atoms with E-state index in [1.54, 1.807) is 13.1 Å². The molecule has 0 spiro atoms. The summed E-state index contributed by atoms with van der Waals surface area (Å²) in [7, 11) is 1.75. The quantitative estimate of drug-likeness (QED) is 0.419. The molecule has 9 nitrogen and oxygen atoms in total. The highest BCUT2D eigenvalue weighted by molar-refractivity contribution is 5.74. The summed E-state index contributed by atoms with van der Waals surface area (Å²) in [6, 6.07) is 4.59. The summed E-state index contributed by atoms with van der Waals surface area (Å²) in [6.45, 7) is 7.43. The van der Waals surface area contributed by atoms with Gasteiger partial charge in [0.1, 0.15) is 35.9 Å². The van der Waals surface area contributed by atoms with Crippen molar-refractivity contribution in [2.45, 2.75) is 45.8 Å². The lowest BCUT2D eigenvalue weighted by molar-refractivity contribution is 0.0904. The van der Waals surface area contributed by atoms with Gasteiger partial charge in [0.2, 0.25) is 0 Å². The molecule has 1 atom stereocenters. The molecule has 4 rings (SSSR count). The van der Waals surface area contributed by atoms with Crippen LogP contribution in [0.25, 0.3) is 22.6 Å². The van der Waals surface area contributed by atoms with Crippen molar-refractivity contribution in [3.05, 3.63) is 41.0 Å². The molecule has 0 amide bonds. The molecule has 1 aliphatic heterocycles. The SMILES string of the molecule is CNC[C@H](O)COc1ccc(F)c(-c2nc(NC3CCOCC3)c(C)c(-c3c(C)noc3C)n2)c1. The van der Waals surface area contributed by atoms with Gasteiger partial charge in [-0.2, -0.15) is 0 Å². The van der Waals surface area contributed by atoms with Crippen LogP contribution in [0.3, 0.4) is 0 Å². The van der Waals surface area contributed by atoms with E-state index in [0.29, 0.717) is 48.5 Å². The first-order valence-electron chi connectivity index (χ1n) is 11.8. The fourth-order valence-electron chi connectivity index (χ4n) is 4.13. The van der Waals surface area contributed by atoms with Crippen molar-refractivity contribution >= 4 is 5.82 Å². The van der Waals surface area contributed by atoms with E-state index < -0.39 is 11.9 Å². The lowest BCUT2D eigenvalue weighted by Gasteiger charge is -2.25. The van der Waals surface area contributed by atoms with Gasteiger partial charge in [-0.15, -0.1) is 0 Å². The van der Waals surface area contributed by atoms with Crippen molar-refractivity contribution < 1.29 is 23.5 Å². The van der Waals surface area contributed by atoms with Crippen LogP contribution in [-0.4, -0.2) is 65.8 Å². The molecule has 188 valence electrons. The standard InChI is InChI=1S/C25H32FN5O4/c1-14-23(22-15(2)31-35-16(22)3)29-25(30-24(14)28-17-7-9-33-10-8-17)20-11-19(5-6-21(20)26)34-13-18(32)12-27-4/h5-6,11,17-18,27,32H,7-10,12-13H2,1-4H3,(H,28,29,30)/t18-/m0/s1. The molecular weight excluding hydrogens is 453 g/mol. The zero-order valence-electron chi connectivity index (χ0n) is 20.5. The number of hydrogen-bond donors (Lipinski definition) is 3. The van der Waals surface area contributed by atoms with Gasteiger partial charge in [-0.3, -0.25) is 0 Å². The molecule has 0 bridgehead atoms. The van der Waals surface area contributed by atoms with E-state index in [4.69, 9.17) is 24.0 Å². The van der Waals surface area contributed by atoms with Crippen molar-refractivity contribution in [1.82, 2.24) is 20.4 Å². The molecule has 1 aromatic carbocycles. The Morgan fingerprint density at radius 2 is 1.97 bits per heavy atom. The fraction of sp³-hybridized carbons (Fsp3) is 0.480. The molecule has 3 N–H and O–H groups in total. The Bertz CT molecular complexity index is 1140. The Kier molecular flexibility index (Phi) is 7.94. The van der Waals surface area contributed by atoms with Crippen LogP contribution >= 0.6 is 0 Å². The molecule has 1 aliphatic rings. The predicted octanol–water partition coefficient (Wildman–Crippen LogP) is 3.41. The van der Waals surface area contributed by atoms with Crippen LogP contribution in [0.2, 0.25) is 0 Å². The number of rotatable bonds is 9. The molecule has 0 aliphatic carbocycles. The topological polar surface area (TPSA) is 115 Å². The third-order valence-electron chi connectivity index (χ3n) is 6.04. The molecule has 10 heteroatoms. The lowest BCUT2D eigenvalue weighted by atomic mass is 10.0. The second kappa shape index (κ2) is 11.1. The molecule has 3 heterocycles. The highest BCUT2D eigenvalue weighted by Gasteiger charge is 2.23. The summed E-state index contributed by atoms with van der Waals surface area (Å²) in [4.78, 5) is 9.48. The number of aryl methyl sites for hydroxylation is 2. The molecular formula is C25H32FN5O4. The third kappa shape index (κ3) is 5.77. The highest BCUT2D eigenvalue weighted by atomic mass is 19.1. The lowest BCUT2D eigenvalue weighted by Crippen LogP contribution is -2.29. The van der Waals surface area contributed by atoms with Gasteiger partial charge in [0, 0.05) is 31.4 Å². The molecule has 0 radical (unpaired) electrons. The van der Waals surface area contributed by atoms with Gasteiger partial charge in [-0.05, 0) is 58.9 Å². The maximum Gasteiger partial charge on any atom is 0.165 e. The Labute approximate surface area is 204 Å². The van der Waals surface area contributed by atoms with E-state index in [-0.39, 0.29) is 24.0 Å². The van der Waals surface area contributed by atoms with Crippen LogP contribution in [0.4, 0.5) is 10.2 Å². The van der Waals surface area contributed by atoms with Gasteiger partial charge >= 0.3 is 0 Å². The summed E-state index contributed by atoms with van der Waals surface area (Å²) in [5.74, 6) is 1.42. The predicted molar refractivity (Wildman–Crippen MR) is 130 cm³/mol. The zero-order valence-corrected chi connectivity index (χ0v) is 20.5. The number of halogens is 1. The second-order valence-electron chi connectivity index (χ2n) is 8.76. The van der Waals surface area contributed by atoms with Gasteiger partial charge in [-0.25, -0.2) is 14.4 Å². The Balaban J connectivity index is 1.76. The molecule has 0 unspecified atom stereocenters. The summed E-state index contributed by atoms with van der Waals surface area (Å²) in [6.07, 6.45) is 1.02. The molecule has 3 aromatic rings. The van der Waals surface area contributed by atoms with Gasteiger partial charge in [0.05, 0.1) is 22.5 Å². The van der Waals surface area contributed by atoms with Crippen molar-refractivity contribution in [1.29, 1.82) is 0 Å². The first-order chi connectivity index (χ1) is 16.9. The third-order valence-corrected chi connectivity index (χ3v) is 6.04. The number of nitrogens with zero attached hydrogens (tertiary/aromatic N) is 3. The number of hydrogen-bond acceptors (Lipinski definition) is 9. The minimum absolute atomic E-state index is 0.0710. The molecule has 35 heavy (non-hydrogen) atoms. The monoisotopic (exact) mass is 485 g/mol. The Hall–Kier alpha value is -3.08.